The van der Waals surface area contributed by atoms with Crippen LogP contribution in [0.15, 0.2) is 35.9 Å². The van der Waals surface area contributed by atoms with Gasteiger partial charge in [0, 0.05) is 71.5 Å². The number of carbonyl (C=O) groups is 9. The van der Waals surface area contributed by atoms with Crippen molar-refractivity contribution in [2.75, 3.05) is 45.5 Å². The van der Waals surface area contributed by atoms with E-state index in [9.17, 15) is 48.3 Å². The molecule has 0 aromatic heterocycles. The Morgan fingerprint density at radius 2 is 1.70 bits per heavy atom. The largest absolute Gasteiger partial charge is 0.495 e. The van der Waals surface area contributed by atoms with Gasteiger partial charge < -0.3 is 43.4 Å². The molecule has 1 aromatic rings. The highest BCUT2D eigenvalue weighted by molar-refractivity contribution is 8.00. The molecular formula is C51H66ClN5O16S. The second-order valence-electron chi connectivity index (χ2n) is 20.3. The molecule has 1 saturated carbocycles. The van der Waals surface area contributed by atoms with E-state index in [-0.39, 0.29) is 67.2 Å². The molecule has 4 bridgehead atoms. The number of allylic oxidation sites excluding steroid dienone is 3. The lowest BCUT2D eigenvalue weighted by Gasteiger charge is -2.42. The van der Waals surface area contributed by atoms with Crippen LogP contribution >= 0.6 is 23.4 Å². The first-order chi connectivity index (χ1) is 35.0. The lowest BCUT2D eigenvalue weighted by Crippen LogP contribution is -2.63. The SMILES string of the molecule is COc1cc2cc(c1Cl)N(C)C(=O)C[C@H](OC(=O)[C@H](C)N(C)C(=O)CCSC1CC(=O)N(CC3CCC(C(=O)ON4C(=O)CCC4=O)CC3)C1=O)[C@]1(C)O[C@H]1[C@H](C)C1C[C@@](O)(NC(=O)O1)[C@H](OC)/C=C/C=C(\C)C2. The van der Waals surface area contributed by atoms with Crippen LogP contribution in [-0.2, 0) is 68.6 Å². The van der Waals surface area contributed by atoms with Crippen LogP contribution < -0.4 is 15.0 Å². The number of likely N-dealkylation sites (N-methyl/N-ethyl adjacent to an activating group) is 1. The summed E-state index contributed by atoms with van der Waals surface area (Å²) in [7, 11) is 5.84. The minimum Gasteiger partial charge on any atom is -0.495 e. The zero-order chi connectivity index (χ0) is 54.0. The number of anilines is 1. The van der Waals surface area contributed by atoms with Crippen molar-refractivity contribution < 1.29 is 76.8 Å². The summed E-state index contributed by atoms with van der Waals surface area (Å²) in [6.45, 7) is 6.99. The van der Waals surface area contributed by atoms with E-state index in [1.54, 1.807) is 38.1 Å². The Kier molecular flexibility index (Phi) is 17.6. The number of hydrogen-bond acceptors (Lipinski definition) is 17. The van der Waals surface area contributed by atoms with Gasteiger partial charge in [-0.1, -0.05) is 42.3 Å². The molecule has 404 valence electrons. The summed E-state index contributed by atoms with van der Waals surface area (Å²) in [5.41, 5.74) is -1.23. The maximum atomic E-state index is 14.4. The smallest absolute Gasteiger partial charge is 0.409 e. The predicted molar refractivity (Wildman–Crippen MR) is 266 cm³/mol. The summed E-state index contributed by atoms with van der Waals surface area (Å²) < 4.78 is 29.4. The van der Waals surface area contributed by atoms with Gasteiger partial charge in [0.1, 0.15) is 40.7 Å². The second-order valence-corrected chi connectivity index (χ2v) is 22.0. The van der Waals surface area contributed by atoms with E-state index in [1.807, 2.05) is 13.0 Å². The third-order valence-corrected chi connectivity index (χ3v) is 16.8. The number of carbonyl (C=O) groups excluding carboxylic acids is 9. The van der Waals surface area contributed by atoms with Crippen LogP contribution in [0.5, 0.6) is 5.75 Å². The molecule has 5 aliphatic heterocycles. The molecule has 4 saturated heterocycles. The van der Waals surface area contributed by atoms with Gasteiger partial charge in [-0.25, -0.2) is 14.4 Å². The lowest BCUT2D eigenvalue weighted by molar-refractivity contribution is -0.201. The first-order valence-corrected chi connectivity index (χ1v) is 26.3. The maximum absolute atomic E-state index is 14.4. The number of benzene rings is 1. The van der Waals surface area contributed by atoms with E-state index >= 15 is 0 Å². The van der Waals surface area contributed by atoms with Crippen molar-refractivity contribution in [1.29, 1.82) is 0 Å². The molecule has 23 heteroatoms. The fourth-order valence-electron chi connectivity index (χ4n) is 10.3. The number of esters is 1. The van der Waals surface area contributed by atoms with Gasteiger partial charge in [-0.15, -0.1) is 16.8 Å². The summed E-state index contributed by atoms with van der Waals surface area (Å²) >= 11 is 7.98. The Labute approximate surface area is 438 Å². The number of methoxy groups -OCH3 is 2. The highest BCUT2D eigenvalue weighted by Crippen LogP contribution is 2.49. The molecule has 1 aromatic carbocycles. The number of alkyl carbamates (subject to hydrolysis) is 1. The van der Waals surface area contributed by atoms with E-state index in [4.69, 9.17) is 40.1 Å². The van der Waals surface area contributed by atoms with Gasteiger partial charge >= 0.3 is 18.0 Å². The van der Waals surface area contributed by atoms with Crippen LogP contribution in [-0.4, -0.2) is 161 Å². The summed E-state index contributed by atoms with van der Waals surface area (Å²) in [5, 5.41) is 14.4. The first kappa shape index (κ1) is 56.2. The fourth-order valence-corrected chi connectivity index (χ4v) is 11.7. The van der Waals surface area contributed by atoms with Gasteiger partial charge in [0.25, 0.3) is 11.8 Å². The molecule has 21 nitrogen and oxygen atoms in total. The molecule has 74 heavy (non-hydrogen) atoms. The molecule has 5 fully saturated rings. The zero-order valence-corrected chi connectivity index (χ0v) is 44.5. The van der Waals surface area contributed by atoms with Gasteiger partial charge in [-0.05, 0) is 76.5 Å². The number of rotatable bonds is 13. The molecule has 5 heterocycles. The van der Waals surface area contributed by atoms with E-state index in [1.165, 1.54) is 61.7 Å². The van der Waals surface area contributed by atoms with Gasteiger partial charge in [-0.2, -0.15) is 0 Å². The molecule has 1 aliphatic carbocycles. The number of hydroxylamine groups is 2. The zero-order valence-electron chi connectivity index (χ0n) is 42.9. The average molecular weight is 1070 g/mol. The van der Waals surface area contributed by atoms with E-state index < -0.39 is 107 Å². The van der Waals surface area contributed by atoms with E-state index in [0.717, 1.165) is 11.1 Å². The topological polar surface area (TPSA) is 258 Å². The number of likely N-dealkylation sites (tertiary alicyclic amines) is 1. The molecule has 2 N–H and O–H groups in total. The van der Waals surface area contributed by atoms with Gasteiger partial charge in [0.05, 0.1) is 36.5 Å². The van der Waals surface area contributed by atoms with Crippen molar-refractivity contribution in [1.82, 2.24) is 20.2 Å². The summed E-state index contributed by atoms with van der Waals surface area (Å²) in [6.07, 6.45) is 2.04. The second kappa shape index (κ2) is 23.1. The van der Waals surface area contributed by atoms with Crippen LogP contribution in [0.1, 0.15) is 97.5 Å². The number of amides is 7. The number of fused-ring (bicyclic) bond motifs is 5. The van der Waals surface area contributed by atoms with E-state index in [2.05, 4.69) is 5.32 Å². The average Bonchev–Trinajstić information content (AvgIpc) is 3.87. The number of imide groups is 2. The number of halogens is 1. The van der Waals surface area contributed by atoms with Gasteiger partial charge in [0.2, 0.25) is 23.6 Å². The molecule has 0 radical (unpaired) electrons. The number of aliphatic hydroxyl groups is 1. The standard InChI is InChI=1S/C51H66ClN5O16S/c1-27-10-9-11-37(69-8)51(67)25-35(70-49(66)53-51)28(2)45-50(4,72-45)38(24-42(61)55(6)33-21-31(20-27)22-34(68-7)44(33)52)71-47(64)29(3)54(5)39(58)18-19-74-36-23-43(62)56(46(36)63)26-30-12-14-32(15-13-30)48(65)73-57-40(59)16-17-41(57)60/h9-11,21-22,28-30,32,35-38,45,67H,12-20,23-26H2,1-8H3,(H,53,66)/b11-9+,27-10+/t28-,29+,30?,32?,35?,36?,37-,38+,45+,50+,51+/m1/s1. The number of hydrogen-bond donors (Lipinski definition) is 2. The Hall–Kier alpha value is -5.55. The Morgan fingerprint density at radius 1 is 1.01 bits per heavy atom. The van der Waals surface area contributed by atoms with Gasteiger partial charge in [-0.3, -0.25) is 39.0 Å². The highest BCUT2D eigenvalue weighted by atomic mass is 35.5. The molecule has 6 aliphatic rings. The Bertz CT molecular complexity index is 2470. The Balaban J connectivity index is 0.986. The van der Waals surface area contributed by atoms with Crippen LogP contribution in [0.4, 0.5) is 10.5 Å². The van der Waals surface area contributed by atoms with Crippen molar-refractivity contribution >= 4 is 82.5 Å². The lowest BCUT2D eigenvalue weighted by atomic mass is 9.82. The van der Waals surface area contributed by atoms with Crippen molar-refractivity contribution in [3.05, 3.63) is 46.5 Å². The highest BCUT2D eigenvalue weighted by Gasteiger charge is 2.64. The monoisotopic (exact) mass is 1070 g/mol. The predicted octanol–water partition coefficient (Wildman–Crippen LogP) is 4.18. The molecule has 9 atom stereocenters. The third kappa shape index (κ3) is 12.2. The van der Waals surface area contributed by atoms with Crippen molar-refractivity contribution in [3.8, 4) is 5.75 Å². The summed E-state index contributed by atoms with van der Waals surface area (Å²) in [5.74, 6) is -4.93. The number of epoxide rings is 1. The van der Waals surface area contributed by atoms with Crippen LogP contribution in [0.3, 0.4) is 0 Å². The number of nitrogens with one attached hydrogen (secondary N) is 1. The maximum Gasteiger partial charge on any atom is 0.409 e. The third-order valence-electron chi connectivity index (χ3n) is 15.2. The number of ether oxygens (including phenoxy) is 5. The molecule has 2 unspecified atom stereocenters. The summed E-state index contributed by atoms with van der Waals surface area (Å²) in [4.78, 5) is 127. The van der Waals surface area contributed by atoms with Crippen LogP contribution in [0.2, 0.25) is 5.02 Å². The summed E-state index contributed by atoms with van der Waals surface area (Å²) in [6, 6.07) is 2.36. The molecule has 7 rings (SSSR count). The van der Waals surface area contributed by atoms with Crippen molar-refractivity contribution in [2.24, 2.45) is 17.8 Å². The fraction of sp³-hybridized carbons (Fsp3) is 0.627. The minimum atomic E-state index is -1.89. The molecule has 0 spiro atoms. The first-order valence-electron chi connectivity index (χ1n) is 24.9. The molecular weight excluding hydrogens is 1010 g/mol. The van der Waals surface area contributed by atoms with Gasteiger partial charge in [0.15, 0.2) is 5.72 Å². The van der Waals surface area contributed by atoms with Crippen molar-refractivity contribution in [3.63, 3.8) is 0 Å². The minimum absolute atomic E-state index is 0.00240. The van der Waals surface area contributed by atoms with Crippen molar-refractivity contribution in [2.45, 2.75) is 145 Å². The molecule has 7 amide bonds. The van der Waals surface area contributed by atoms with Crippen LogP contribution in [0.25, 0.3) is 0 Å². The quantitative estimate of drug-likeness (QED) is 0.160. The number of nitrogens with zero attached hydrogens (tertiary/aromatic N) is 4. The Morgan fingerprint density at radius 3 is 2.36 bits per heavy atom. The normalized spacial score (nSPS) is 32.2. The van der Waals surface area contributed by atoms with Crippen LogP contribution in [0, 0.1) is 17.8 Å². The van der Waals surface area contributed by atoms with E-state index in [0.29, 0.717) is 48.6 Å². The number of thioether (sulfide) groups is 1.